The highest BCUT2D eigenvalue weighted by Crippen LogP contribution is 2.21. The number of carbonyl (C=O) groups excluding carboxylic acids is 2. The van der Waals surface area contributed by atoms with Crippen molar-refractivity contribution in [1.29, 1.82) is 0 Å². The molecule has 3 rings (SSSR count). The summed E-state index contributed by atoms with van der Waals surface area (Å²) in [6, 6.07) is 12.6. The van der Waals surface area contributed by atoms with Crippen molar-refractivity contribution in [2.75, 3.05) is 11.9 Å². The molecule has 0 radical (unpaired) electrons. The summed E-state index contributed by atoms with van der Waals surface area (Å²) in [7, 11) is 0. The van der Waals surface area contributed by atoms with Crippen LogP contribution >= 0.6 is 0 Å². The number of benzene rings is 2. The Morgan fingerprint density at radius 1 is 1.07 bits per heavy atom. The third kappa shape index (κ3) is 4.52. The van der Waals surface area contributed by atoms with E-state index in [0.717, 1.165) is 0 Å². The van der Waals surface area contributed by atoms with Crippen LogP contribution in [0, 0.1) is 18.7 Å². The molecule has 1 heterocycles. The predicted octanol–water partition coefficient (Wildman–Crippen LogP) is 4.32. The Kier molecular flexibility index (Phi) is 5.68. The van der Waals surface area contributed by atoms with Crippen LogP contribution in [0.15, 0.2) is 48.5 Å². The van der Waals surface area contributed by atoms with E-state index in [0.29, 0.717) is 45.9 Å². The fraction of sp³-hybridized carbons (Fsp3) is 0.227. The minimum Gasteiger partial charge on any atom is -0.352 e. The van der Waals surface area contributed by atoms with Crippen LogP contribution in [0.2, 0.25) is 0 Å². The molecule has 2 N–H and O–H groups in total. The van der Waals surface area contributed by atoms with Crippen molar-refractivity contribution in [3.63, 3.8) is 0 Å². The molecule has 2 aromatic carbocycles. The van der Waals surface area contributed by atoms with Crippen LogP contribution in [0.4, 0.5) is 10.1 Å². The third-order valence-corrected chi connectivity index (χ3v) is 4.20. The second-order valence-corrected chi connectivity index (χ2v) is 7.11. The topological polar surface area (TPSA) is 71.1 Å². The minimum absolute atomic E-state index is 0.189. The first kappa shape index (κ1) is 19.5. The van der Waals surface area contributed by atoms with Gasteiger partial charge in [-0.2, -0.15) is 0 Å². The number of fused-ring (bicyclic) bond motifs is 1. The molecular formula is C22H22FN3O2. The van der Waals surface area contributed by atoms with Crippen molar-refractivity contribution >= 4 is 28.4 Å². The number of hydrogen-bond acceptors (Lipinski definition) is 3. The van der Waals surface area contributed by atoms with Gasteiger partial charge < -0.3 is 10.6 Å². The summed E-state index contributed by atoms with van der Waals surface area (Å²) in [5.41, 5.74) is 2.41. The Bertz CT molecular complexity index is 1040. The van der Waals surface area contributed by atoms with E-state index in [4.69, 9.17) is 0 Å². The monoisotopic (exact) mass is 379 g/mol. The van der Waals surface area contributed by atoms with E-state index in [1.165, 1.54) is 12.1 Å². The summed E-state index contributed by atoms with van der Waals surface area (Å²) in [6.07, 6.45) is 0. The van der Waals surface area contributed by atoms with E-state index < -0.39 is 5.82 Å². The number of nitrogens with one attached hydrogen (secondary N) is 2. The fourth-order valence-corrected chi connectivity index (χ4v) is 2.86. The van der Waals surface area contributed by atoms with Gasteiger partial charge in [0.1, 0.15) is 5.82 Å². The number of anilines is 1. The molecule has 0 saturated heterocycles. The van der Waals surface area contributed by atoms with Crippen molar-refractivity contribution in [3.05, 3.63) is 71.2 Å². The number of aryl methyl sites for hydroxylation is 1. The molecule has 0 saturated carbocycles. The molecule has 1 aromatic heterocycles. The Hall–Kier alpha value is -3.28. The molecule has 0 aliphatic carbocycles. The Morgan fingerprint density at radius 2 is 1.86 bits per heavy atom. The highest BCUT2D eigenvalue weighted by atomic mass is 19.1. The number of halogens is 1. The van der Waals surface area contributed by atoms with Crippen molar-refractivity contribution in [2.45, 2.75) is 20.8 Å². The van der Waals surface area contributed by atoms with Gasteiger partial charge in [0.25, 0.3) is 11.8 Å². The van der Waals surface area contributed by atoms with Crippen LogP contribution < -0.4 is 10.6 Å². The second kappa shape index (κ2) is 8.17. The predicted molar refractivity (Wildman–Crippen MR) is 108 cm³/mol. The summed E-state index contributed by atoms with van der Waals surface area (Å²) < 4.78 is 13.5. The summed E-state index contributed by atoms with van der Waals surface area (Å²) >= 11 is 0. The maximum Gasteiger partial charge on any atom is 0.256 e. The number of rotatable bonds is 5. The SMILES string of the molecule is Cc1cc(C(=O)Nc2cccc(C(=O)NCC(C)C)c2)c2ccc(F)cc2n1. The molecule has 0 bridgehead atoms. The van der Waals surface area contributed by atoms with Gasteiger partial charge in [0.05, 0.1) is 11.1 Å². The molecular weight excluding hydrogens is 357 g/mol. The van der Waals surface area contributed by atoms with Crippen LogP contribution in [0.5, 0.6) is 0 Å². The van der Waals surface area contributed by atoms with Crippen LogP contribution in [-0.4, -0.2) is 23.3 Å². The zero-order chi connectivity index (χ0) is 20.3. The van der Waals surface area contributed by atoms with Gasteiger partial charge in [-0.25, -0.2) is 4.39 Å². The average Bonchev–Trinajstić information content (AvgIpc) is 2.65. The fourth-order valence-electron chi connectivity index (χ4n) is 2.86. The van der Waals surface area contributed by atoms with Gasteiger partial charge in [-0.3, -0.25) is 14.6 Å². The molecule has 0 fully saturated rings. The van der Waals surface area contributed by atoms with Gasteiger partial charge in [0.15, 0.2) is 0 Å². The maximum atomic E-state index is 13.5. The Balaban J connectivity index is 1.85. The van der Waals surface area contributed by atoms with Crippen LogP contribution in [0.3, 0.4) is 0 Å². The normalized spacial score (nSPS) is 10.9. The molecule has 28 heavy (non-hydrogen) atoms. The van der Waals surface area contributed by atoms with E-state index >= 15 is 0 Å². The lowest BCUT2D eigenvalue weighted by Gasteiger charge is -2.11. The first-order valence-electron chi connectivity index (χ1n) is 9.10. The summed E-state index contributed by atoms with van der Waals surface area (Å²) in [4.78, 5) is 29.4. The van der Waals surface area contributed by atoms with E-state index in [9.17, 15) is 14.0 Å². The van der Waals surface area contributed by atoms with E-state index in [1.807, 2.05) is 13.8 Å². The molecule has 0 spiro atoms. The molecule has 5 nitrogen and oxygen atoms in total. The smallest absolute Gasteiger partial charge is 0.256 e. The summed E-state index contributed by atoms with van der Waals surface area (Å²) in [5.74, 6) is -0.593. The standard InChI is InChI=1S/C22H22FN3O2/c1-13(2)12-24-21(27)15-5-4-6-17(10-15)26-22(28)19-9-14(3)25-20-11-16(23)7-8-18(19)20/h4-11,13H,12H2,1-3H3,(H,24,27)(H,26,28). The number of amides is 2. The van der Waals surface area contributed by atoms with Gasteiger partial charge in [-0.1, -0.05) is 19.9 Å². The van der Waals surface area contributed by atoms with Gasteiger partial charge in [0, 0.05) is 34.9 Å². The number of nitrogens with zero attached hydrogens (tertiary/aromatic N) is 1. The first-order chi connectivity index (χ1) is 13.3. The van der Waals surface area contributed by atoms with Gasteiger partial charge in [-0.15, -0.1) is 0 Å². The van der Waals surface area contributed by atoms with Crippen molar-refractivity contribution in [2.24, 2.45) is 5.92 Å². The zero-order valence-electron chi connectivity index (χ0n) is 16.0. The van der Waals surface area contributed by atoms with Crippen LogP contribution in [0.1, 0.15) is 40.3 Å². The lowest BCUT2D eigenvalue weighted by molar-refractivity contribution is 0.0947. The molecule has 0 aliphatic rings. The molecule has 0 atom stereocenters. The lowest BCUT2D eigenvalue weighted by Crippen LogP contribution is -2.27. The van der Waals surface area contributed by atoms with Crippen LogP contribution in [0.25, 0.3) is 10.9 Å². The molecule has 144 valence electrons. The quantitative estimate of drug-likeness (QED) is 0.693. The molecule has 6 heteroatoms. The van der Waals surface area contributed by atoms with E-state index in [1.54, 1.807) is 43.3 Å². The number of carbonyl (C=O) groups is 2. The first-order valence-corrected chi connectivity index (χ1v) is 9.10. The molecule has 3 aromatic rings. The van der Waals surface area contributed by atoms with Gasteiger partial charge in [0.2, 0.25) is 0 Å². The van der Waals surface area contributed by atoms with Crippen molar-refractivity contribution in [1.82, 2.24) is 10.3 Å². The summed E-state index contributed by atoms with van der Waals surface area (Å²) in [5, 5.41) is 6.23. The lowest BCUT2D eigenvalue weighted by atomic mass is 10.1. The van der Waals surface area contributed by atoms with E-state index in [2.05, 4.69) is 15.6 Å². The minimum atomic E-state index is -0.405. The largest absolute Gasteiger partial charge is 0.352 e. The Morgan fingerprint density at radius 3 is 2.61 bits per heavy atom. The van der Waals surface area contributed by atoms with Crippen molar-refractivity contribution < 1.29 is 14.0 Å². The van der Waals surface area contributed by atoms with Gasteiger partial charge >= 0.3 is 0 Å². The highest BCUT2D eigenvalue weighted by Gasteiger charge is 2.14. The molecule has 2 amide bonds. The second-order valence-electron chi connectivity index (χ2n) is 7.11. The third-order valence-electron chi connectivity index (χ3n) is 4.20. The molecule has 0 unspecified atom stereocenters. The van der Waals surface area contributed by atoms with Crippen LogP contribution in [-0.2, 0) is 0 Å². The number of aromatic nitrogens is 1. The number of pyridine rings is 1. The highest BCUT2D eigenvalue weighted by molar-refractivity contribution is 6.12. The van der Waals surface area contributed by atoms with E-state index in [-0.39, 0.29) is 11.8 Å². The Labute approximate surface area is 163 Å². The van der Waals surface area contributed by atoms with Crippen molar-refractivity contribution in [3.8, 4) is 0 Å². The summed E-state index contributed by atoms with van der Waals surface area (Å²) in [6.45, 7) is 6.36. The van der Waals surface area contributed by atoms with Gasteiger partial charge in [-0.05, 0) is 49.2 Å². The average molecular weight is 379 g/mol. The number of hydrogen-bond donors (Lipinski definition) is 2. The maximum absolute atomic E-state index is 13.5. The zero-order valence-corrected chi connectivity index (χ0v) is 16.0. The molecule has 0 aliphatic heterocycles.